The van der Waals surface area contributed by atoms with Crippen molar-refractivity contribution in [2.45, 2.75) is 142 Å². The zero-order valence-corrected chi connectivity index (χ0v) is 45.2. The van der Waals surface area contributed by atoms with Gasteiger partial charge in [-0.2, -0.15) is 0 Å². The number of carbonyl (C=O) groups is 7. The van der Waals surface area contributed by atoms with E-state index in [2.05, 4.69) is 5.32 Å². The fraction of sp³-hybridized carbons (Fsp3) is 0.618. The summed E-state index contributed by atoms with van der Waals surface area (Å²) in [4.78, 5) is 102. The third-order valence-electron chi connectivity index (χ3n) is 15.6. The van der Waals surface area contributed by atoms with Crippen LogP contribution in [-0.4, -0.2) is 163 Å². The van der Waals surface area contributed by atoms with Gasteiger partial charge in [-0.25, -0.2) is 14.4 Å². The van der Waals surface area contributed by atoms with Crippen LogP contribution in [0.3, 0.4) is 0 Å². The Morgan fingerprint density at radius 1 is 0.816 bits per heavy atom. The molecule has 1 aliphatic heterocycles. The van der Waals surface area contributed by atoms with Crippen molar-refractivity contribution in [2.75, 3.05) is 47.3 Å². The van der Waals surface area contributed by atoms with E-state index in [1.54, 1.807) is 57.2 Å². The number of nitrogens with one attached hydrogen (secondary N) is 1. The standard InChI is InChI=1S/C55H73NO20/c1-30-34(71-45(63)39(60)38(32-19-15-13-16-20-32)56-48(66)76-49(3,4)5)24-55(67)43(74-44(62)33-21-17-14-18-22-33)41-53(10,42(61)40(37(30)50(55,6)7)73-46(64)51(8,25-57)26-58)35(23-36-54(41,29-70-36)75-31(2)59)72-47(65)52(9,27-68-11)28-69-12/h13-22,34-36,38-41,43,57-58,60,67H,23-29H2,1-12H3,(H,56,66)/t34-,35-,36+,38-,39+,40+,41?,43-,53+,54-,55+/m0/s1. The van der Waals surface area contributed by atoms with Gasteiger partial charge in [0.1, 0.15) is 46.4 Å². The number of methoxy groups -OCH3 is 2. The van der Waals surface area contributed by atoms with E-state index in [-0.39, 0.29) is 41.9 Å². The van der Waals surface area contributed by atoms with Crippen molar-refractivity contribution in [1.29, 1.82) is 0 Å². The van der Waals surface area contributed by atoms with Crippen molar-refractivity contribution in [2.24, 2.45) is 27.6 Å². The number of amides is 1. The van der Waals surface area contributed by atoms with Crippen LogP contribution in [0.15, 0.2) is 71.8 Å². The molecule has 3 aliphatic carbocycles. The molecule has 2 saturated carbocycles. The lowest BCUT2D eigenvalue weighted by Crippen LogP contribution is -2.82. The van der Waals surface area contributed by atoms with E-state index in [1.165, 1.54) is 80.0 Å². The molecule has 6 rings (SSSR count). The van der Waals surface area contributed by atoms with Gasteiger partial charge in [0.2, 0.25) is 0 Å². The molecular formula is C55H73NO20. The Morgan fingerprint density at radius 2 is 1.38 bits per heavy atom. The fourth-order valence-corrected chi connectivity index (χ4v) is 11.3. The Bertz CT molecular complexity index is 2530. The number of benzene rings is 2. The highest BCUT2D eigenvalue weighted by atomic mass is 16.6. The van der Waals surface area contributed by atoms with Gasteiger partial charge in [0.25, 0.3) is 0 Å². The first kappa shape index (κ1) is 59.4. The first-order chi connectivity index (χ1) is 35.4. The normalized spacial score (nSPS) is 28.8. The molecule has 3 fully saturated rings. The third-order valence-corrected chi connectivity index (χ3v) is 15.6. The molecule has 76 heavy (non-hydrogen) atoms. The molecule has 21 nitrogen and oxygen atoms in total. The van der Waals surface area contributed by atoms with E-state index in [4.69, 9.17) is 42.6 Å². The first-order valence-electron chi connectivity index (χ1n) is 25.0. The first-order valence-corrected chi connectivity index (χ1v) is 25.0. The van der Waals surface area contributed by atoms with Gasteiger partial charge >= 0.3 is 35.9 Å². The lowest BCUT2D eigenvalue weighted by atomic mass is 9.44. The van der Waals surface area contributed by atoms with Crippen LogP contribution in [-0.2, 0) is 66.6 Å². The van der Waals surface area contributed by atoms with Gasteiger partial charge in [-0.1, -0.05) is 62.4 Å². The average Bonchev–Trinajstić information content (AvgIpc) is 3.35. The summed E-state index contributed by atoms with van der Waals surface area (Å²) in [5.41, 5.74) is -13.4. The minimum absolute atomic E-state index is 0.000653. The van der Waals surface area contributed by atoms with Gasteiger partial charge in [-0.05, 0) is 77.3 Å². The Balaban J connectivity index is 1.66. The number of aliphatic hydroxyl groups is 4. The van der Waals surface area contributed by atoms with E-state index in [0.29, 0.717) is 0 Å². The molecule has 2 aromatic carbocycles. The average molecular weight is 1070 g/mol. The fourth-order valence-electron chi connectivity index (χ4n) is 11.3. The quantitative estimate of drug-likeness (QED) is 0.0809. The molecule has 0 spiro atoms. The maximum atomic E-state index is 16.6. The van der Waals surface area contributed by atoms with Gasteiger partial charge in [0.15, 0.2) is 23.6 Å². The molecule has 0 aromatic heterocycles. The minimum Gasteiger partial charge on any atom is -0.461 e. The van der Waals surface area contributed by atoms with Crippen LogP contribution in [0.5, 0.6) is 0 Å². The summed E-state index contributed by atoms with van der Waals surface area (Å²) < 4.78 is 54.1. The van der Waals surface area contributed by atoms with Crippen molar-refractivity contribution in [1.82, 2.24) is 5.32 Å². The predicted molar refractivity (Wildman–Crippen MR) is 265 cm³/mol. The maximum absolute atomic E-state index is 16.6. The number of ketones is 1. The molecule has 2 aromatic rings. The van der Waals surface area contributed by atoms with Gasteiger partial charge < -0.3 is 68.4 Å². The number of aliphatic hydroxyl groups excluding tert-OH is 3. The Morgan fingerprint density at radius 3 is 1.89 bits per heavy atom. The van der Waals surface area contributed by atoms with Crippen LogP contribution in [0.1, 0.15) is 104 Å². The molecule has 1 heterocycles. The lowest BCUT2D eigenvalue weighted by molar-refractivity contribution is -0.347. The van der Waals surface area contributed by atoms with E-state index < -0.39 is 155 Å². The van der Waals surface area contributed by atoms with Gasteiger partial charge in [-0.15, -0.1) is 0 Å². The highest BCUT2D eigenvalue weighted by Gasteiger charge is 2.79. The molecule has 1 amide bonds. The van der Waals surface area contributed by atoms with E-state index >= 15 is 4.79 Å². The summed E-state index contributed by atoms with van der Waals surface area (Å²) in [6, 6.07) is 14.1. The van der Waals surface area contributed by atoms with Crippen molar-refractivity contribution >= 4 is 41.7 Å². The summed E-state index contributed by atoms with van der Waals surface area (Å²) in [5.74, 6) is -8.34. The summed E-state index contributed by atoms with van der Waals surface area (Å²) in [7, 11) is 2.71. The van der Waals surface area contributed by atoms with Crippen LogP contribution >= 0.6 is 0 Å². The molecule has 4 aliphatic rings. The Labute approximate surface area is 441 Å². The molecule has 0 radical (unpaired) electrons. The van der Waals surface area contributed by atoms with E-state index in [1.807, 2.05) is 0 Å². The summed E-state index contributed by atoms with van der Waals surface area (Å²) >= 11 is 0. The second-order valence-electron chi connectivity index (χ2n) is 22.6. The molecule has 1 saturated heterocycles. The lowest BCUT2D eigenvalue weighted by Gasteiger charge is -2.67. The SMILES string of the molecule is COCC(C)(COC)C(=O)O[C@H]1C[C@H]2OC[C@@]2(OC(C)=O)C2[C@H](OC(=O)c3ccccc3)[C@]3(O)C[C@H](OC(=O)[C@H](O)[C@@H](NC(=O)OC(C)(C)C)c4ccccc4)C(C)=C([C@@H](OC(=O)C(C)(CO)CO)C(=O)[C@@]21C)C3(C)C. The van der Waals surface area contributed by atoms with Gasteiger partial charge in [-0.3, -0.25) is 19.2 Å². The van der Waals surface area contributed by atoms with E-state index in [0.717, 1.165) is 6.92 Å². The van der Waals surface area contributed by atoms with Crippen LogP contribution in [0.25, 0.3) is 0 Å². The number of hydrogen-bond acceptors (Lipinski definition) is 20. The summed E-state index contributed by atoms with van der Waals surface area (Å²) in [5, 5.41) is 49.7. The number of alkyl carbamates (subject to hydrolysis) is 1. The predicted octanol–water partition coefficient (Wildman–Crippen LogP) is 3.65. The number of esters is 5. The Hall–Kier alpha value is -5.81. The molecule has 2 bridgehead atoms. The van der Waals surface area contributed by atoms with Gasteiger partial charge in [0, 0.05) is 39.4 Å². The van der Waals surface area contributed by atoms with Crippen molar-refractivity contribution in [3.63, 3.8) is 0 Å². The second-order valence-corrected chi connectivity index (χ2v) is 22.6. The smallest absolute Gasteiger partial charge is 0.408 e. The zero-order valence-electron chi connectivity index (χ0n) is 45.2. The highest BCUT2D eigenvalue weighted by molar-refractivity contribution is 5.96. The second kappa shape index (κ2) is 22.3. The number of rotatable bonds is 18. The summed E-state index contributed by atoms with van der Waals surface area (Å²) in [6.07, 6.45) is -13.0. The highest BCUT2D eigenvalue weighted by Crippen LogP contribution is 2.65. The zero-order chi connectivity index (χ0) is 56.6. The molecular weight excluding hydrogens is 995 g/mol. The monoisotopic (exact) mass is 1070 g/mol. The molecule has 1 unspecified atom stereocenters. The molecule has 5 N–H and O–H groups in total. The third kappa shape index (κ3) is 10.9. The largest absolute Gasteiger partial charge is 0.461 e. The number of ether oxygens (including phenoxy) is 9. The van der Waals surface area contributed by atoms with Crippen molar-refractivity contribution in [3.8, 4) is 0 Å². The van der Waals surface area contributed by atoms with Crippen molar-refractivity contribution < 1.29 is 96.6 Å². The minimum atomic E-state index is -2.62. The van der Waals surface area contributed by atoms with Crippen LogP contribution in [0.4, 0.5) is 4.79 Å². The number of Topliss-reactive ketones (excluding diaryl/α,β-unsaturated/α-hetero) is 1. The number of hydrogen-bond donors (Lipinski definition) is 5. The summed E-state index contributed by atoms with van der Waals surface area (Å²) in [6.45, 7) is 11.5. The number of carbonyl (C=O) groups excluding carboxylic acids is 7. The van der Waals surface area contributed by atoms with Crippen LogP contribution < -0.4 is 5.32 Å². The van der Waals surface area contributed by atoms with Crippen molar-refractivity contribution in [3.05, 3.63) is 82.9 Å². The van der Waals surface area contributed by atoms with Crippen LogP contribution in [0, 0.1) is 27.6 Å². The number of fused-ring (bicyclic) bond motifs is 5. The Kier molecular flexibility index (Phi) is 17.4. The topological polar surface area (TPSA) is 296 Å². The van der Waals surface area contributed by atoms with Gasteiger partial charge in [0.05, 0.1) is 56.0 Å². The molecule has 11 atom stereocenters. The molecule has 21 heteroatoms. The molecule has 418 valence electrons. The van der Waals surface area contributed by atoms with Crippen LogP contribution in [0.2, 0.25) is 0 Å². The van der Waals surface area contributed by atoms with E-state index in [9.17, 15) is 49.2 Å². The maximum Gasteiger partial charge on any atom is 0.408 e.